The van der Waals surface area contributed by atoms with Gasteiger partial charge in [0.15, 0.2) is 0 Å². The number of nitrogens with zero attached hydrogens (tertiary/aromatic N) is 2. The summed E-state index contributed by atoms with van der Waals surface area (Å²) >= 11 is 0. The van der Waals surface area contributed by atoms with Gasteiger partial charge in [-0.25, -0.2) is 0 Å². The summed E-state index contributed by atoms with van der Waals surface area (Å²) in [7, 11) is 0. The van der Waals surface area contributed by atoms with E-state index in [1.807, 2.05) is 54.6 Å². The predicted octanol–water partition coefficient (Wildman–Crippen LogP) is 4.80. The molecule has 0 saturated carbocycles. The lowest BCUT2D eigenvalue weighted by molar-refractivity contribution is 0.469. The van der Waals surface area contributed by atoms with E-state index in [1.54, 1.807) is 12.1 Å². The van der Waals surface area contributed by atoms with Crippen molar-refractivity contribution in [2.75, 3.05) is 0 Å². The van der Waals surface area contributed by atoms with Crippen molar-refractivity contribution in [3.8, 4) is 5.75 Å². The Morgan fingerprint density at radius 2 is 1.54 bits per heavy atom. The van der Waals surface area contributed by atoms with Gasteiger partial charge in [-0.2, -0.15) is 5.11 Å². The van der Waals surface area contributed by atoms with Gasteiger partial charge in [-0.3, -0.25) is 4.79 Å². The number of aromatic amines is 1. The molecule has 1 aromatic heterocycles. The highest BCUT2D eigenvalue weighted by Crippen LogP contribution is 2.35. The minimum Gasteiger partial charge on any atom is -0.501 e. The Hall–Kier alpha value is -3.47. The zero-order valence-corrected chi connectivity index (χ0v) is 12.6. The number of H-pyrrole nitrogens is 1. The molecule has 116 valence electrons. The first-order chi connectivity index (χ1) is 11.7. The maximum Gasteiger partial charge on any atom is 0.292 e. The highest BCUT2D eigenvalue weighted by atomic mass is 16.3. The molecule has 5 nitrogen and oxygen atoms in total. The molecule has 0 unspecified atom stereocenters. The van der Waals surface area contributed by atoms with Gasteiger partial charge >= 0.3 is 0 Å². The van der Waals surface area contributed by atoms with Crippen LogP contribution in [-0.2, 0) is 0 Å². The highest BCUT2D eigenvalue weighted by Gasteiger charge is 2.13. The summed E-state index contributed by atoms with van der Waals surface area (Å²) in [5.41, 5.74) is 0.869. The van der Waals surface area contributed by atoms with Crippen molar-refractivity contribution in [1.29, 1.82) is 0 Å². The third kappa shape index (κ3) is 2.32. The highest BCUT2D eigenvalue weighted by molar-refractivity contribution is 6.09. The molecule has 0 atom stereocenters. The molecule has 0 fully saturated rings. The summed E-state index contributed by atoms with van der Waals surface area (Å²) in [6.07, 6.45) is 0. The Bertz CT molecular complexity index is 1130. The van der Waals surface area contributed by atoms with Crippen molar-refractivity contribution in [2.24, 2.45) is 10.2 Å². The number of hydrogen-bond donors (Lipinski definition) is 2. The van der Waals surface area contributed by atoms with E-state index in [-0.39, 0.29) is 5.69 Å². The molecule has 0 amide bonds. The molecular weight excluding hydrogens is 302 g/mol. The molecular formula is C19H13N3O2. The number of rotatable bonds is 2. The largest absolute Gasteiger partial charge is 0.501 e. The molecule has 4 rings (SSSR count). The van der Waals surface area contributed by atoms with Crippen molar-refractivity contribution in [3.05, 3.63) is 77.1 Å². The number of fused-ring (bicyclic) bond motifs is 3. The molecule has 0 aliphatic heterocycles. The first-order valence-electron chi connectivity index (χ1n) is 7.47. The Balaban J connectivity index is 2.00. The van der Waals surface area contributed by atoms with E-state index in [0.717, 1.165) is 10.8 Å². The predicted molar refractivity (Wildman–Crippen MR) is 94.4 cm³/mol. The smallest absolute Gasteiger partial charge is 0.292 e. The summed E-state index contributed by atoms with van der Waals surface area (Å²) in [5, 5.41) is 20.9. The molecule has 1 heterocycles. The summed E-state index contributed by atoms with van der Waals surface area (Å²) in [4.78, 5) is 14.8. The lowest BCUT2D eigenvalue weighted by Crippen LogP contribution is -2.05. The van der Waals surface area contributed by atoms with Crippen LogP contribution in [0.3, 0.4) is 0 Å². The third-order valence-corrected chi connectivity index (χ3v) is 3.88. The Kier molecular flexibility index (Phi) is 3.31. The molecule has 24 heavy (non-hydrogen) atoms. The number of azo groups is 1. The van der Waals surface area contributed by atoms with Crippen molar-refractivity contribution in [1.82, 2.24) is 4.98 Å². The quantitative estimate of drug-likeness (QED) is 0.411. The topological polar surface area (TPSA) is 77.8 Å². The number of pyridine rings is 1. The average molecular weight is 315 g/mol. The van der Waals surface area contributed by atoms with Crippen LogP contribution in [0.15, 0.2) is 81.8 Å². The molecule has 2 N–H and O–H groups in total. The second-order valence-electron chi connectivity index (χ2n) is 5.40. The van der Waals surface area contributed by atoms with E-state index in [2.05, 4.69) is 15.2 Å². The van der Waals surface area contributed by atoms with Gasteiger partial charge in [0.05, 0.1) is 11.2 Å². The van der Waals surface area contributed by atoms with Crippen molar-refractivity contribution in [3.63, 3.8) is 0 Å². The number of benzene rings is 3. The first kappa shape index (κ1) is 14.1. The monoisotopic (exact) mass is 315 g/mol. The van der Waals surface area contributed by atoms with Gasteiger partial charge in [0.1, 0.15) is 5.69 Å². The summed E-state index contributed by atoms with van der Waals surface area (Å²) in [6.45, 7) is 0. The Morgan fingerprint density at radius 1 is 0.792 bits per heavy atom. The van der Waals surface area contributed by atoms with Crippen LogP contribution < -0.4 is 5.56 Å². The normalized spacial score (nSPS) is 11.5. The van der Waals surface area contributed by atoms with Crippen LogP contribution in [0.4, 0.5) is 11.4 Å². The standard InChI is InChI=1S/C19H13N3O2/c23-18-17(22-21-13-7-2-1-3-8-13)15-11-10-12-6-4-5-9-14(12)16(15)20-19(18)24/h1-11,23H,(H,20,24). The molecule has 0 spiro atoms. The van der Waals surface area contributed by atoms with Crippen LogP contribution in [0.5, 0.6) is 5.75 Å². The van der Waals surface area contributed by atoms with E-state index in [1.165, 1.54) is 0 Å². The van der Waals surface area contributed by atoms with Gasteiger partial charge in [0, 0.05) is 10.8 Å². The number of aromatic hydroxyl groups is 1. The fraction of sp³-hybridized carbons (Fsp3) is 0. The average Bonchev–Trinajstić information content (AvgIpc) is 2.63. The van der Waals surface area contributed by atoms with E-state index in [9.17, 15) is 9.90 Å². The fourth-order valence-electron chi connectivity index (χ4n) is 2.72. The maximum atomic E-state index is 12.1. The second kappa shape index (κ2) is 5.62. The minimum absolute atomic E-state index is 0.170. The minimum atomic E-state index is -0.583. The van der Waals surface area contributed by atoms with Crippen LogP contribution in [-0.4, -0.2) is 10.1 Å². The molecule has 0 saturated heterocycles. The zero-order valence-electron chi connectivity index (χ0n) is 12.6. The number of aromatic nitrogens is 1. The summed E-state index contributed by atoms with van der Waals surface area (Å²) in [6, 6.07) is 20.6. The third-order valence-electron chi connectivity index (χ3n) is 3.88. The zero-order chi connectivity index (χ0) is 16.5. The number of hydrogen-bond acceptors (Lipinski definition) is 4. The van der Waals surface area contributed by atoms with Crippen LogP contribution in [0.1, 0.15) is 0 Å². The van der Waals surface area contributed by atoms with E-state index < -0.39 is 11.3 Å². The molecule has 0 aliphatic rings. The fourth-order valence-corrected chi connectivity index (χ4v) is 2.72. The van der Waals surface area contributed by atoms with Gasteiger partial charge < -0.3 is 10.1 Å². The lowest BCUT2D eigenvalue weighted by atomic mass is 10.1. The van der Waals surface area contributed by atoms with Crippen molar-refractivity contribution < 1.29 is 5.11 Å². The molecule has 4 aromatic rings. The van der Waals surface area contributed by atoms with Gasteiger partial charge in [0.2, 0.25) is 5.75 Å². The van der Waals surface area contributed by atoms with E-state index in [0.29, 0.717) is 16.6 Å². The van der Waals surface area contributed by atoms with Crippen molar-refractivity contribution >= 4 is 33.1 Å². The van der Waals surface area contributed by atoms with Crippen LogP contribution in [0.2, 0.25) is 0 Å². The van der Waals surface area contributed by atoms with E-state index >= 15 is 0 Å². The second-order valence-corrected chi connectivity index (χ2v) is 5.40. The van der Waals surface area contributed by atoms with Crippen molar-refractivity contribution in [2.45, 2.75) is 0 Å². The molecule has 0 radical (unpaired) electrons. The van der Waals surface area contributed by atoms with Gasteiger partial charge in [-0.05, 0) is 23.6 Å². The SMILES string of the molecule is O=c1[nH]c2c(ccc3ccccc32)c(N=Nc2ccccc2)c1O. The van der Waals surface area contributed by atoms with Crippen LogP contribution in [0.25, 0.3) is 21.7 Å². The Morgan fingerprint density at radius 3 is 2.38 bits per heavy atom. The molecule has 5 heteroatoms. The maximum absolute atomic E-state index is 12.1. The Labute approximate surface area is 136 Å². The molecule has 3 aromatic carbocycles. The van der Waals surface area contributed by atoms with E-state index in [4.69, 9.17) is 0 Å². The number of nitrogens with one attached hydrogen (secondary N) is 1. The first-order valence-corrected chi connectivity index (χ1v) is 7.47. The lowest BCUT2D eigenvalue weighted by Gasteiger charge is -2.07. The van der Waals surface area contributed by atoms with Gasteiger partial charge in [-0.1, -0.05) is 48.5 Å². The van der Waals surface area contributed by atoms with Gasteiger partial charge in [-0.15, -0.1) is 5.11 Å². The van der Waals surface area contributed by atoms with Crippen LogP contribution in [0, 0.1) is 0 Å². The van der Waals surface area contributed by atoms with Crippen LogP contribution >= 0.6 is 0 Å². The molecule has 0 bridgehead atoms. The summed E-state index contributed by atoms with van der Waals surface area (Å²) in [5.74, 6) is -0.433. The van der Waals surface area contributed by atoms with Gasteiger partial charge in [0.25, 0.3) is 5.56 Å². The summed E-state index contributed by atoms with van der Waals surface area (Å²) < 4.78 is 0. The molecule has 0 aliphatic carbocycles.